The number of halogens is 1. The van der Waals surface area contributed by atoms with Crippen LogP contribution in [0.4, 0.5) is 4.39 Å². The average Bonchev–Trinajstić information content (AvgIpc) is 2.68. The molecule has 0 radical (unpaired) electrons. The highest BCUT2D eigenvalue weighted by atomic mass is 19.1. The van der Waals surface area contributed by atoms with Crippen LogP contribution < -0.4 is 4.74 Å². The van der Waals surface area contributed by atoms with Crippen LogP contribution in [0.2, 0.25) is 0 Å². The quantitative estimate of drug-likeness (QED) is 0.668. The first-order chi connectivity index (χ1) is 13.0. The maximum absolute atomic E-state index is 13.8. The predicted molar refractivity (Wildman–Crippen MR) is 97.6 cm³/mol. The largest absolute Gasteiger partial charge is 0.496 e. The second kappa shape index (κ2) is 7.78. The number of ether oxygens (including phenoxy) is 1. The van der Waals surface area contributed by atoms with E-state index < -0.39 is 5.97 Å². The summed E-state index contributed by atoms with van der Waals surface area (Å²) in [6, 6.07) is 13.9. The fourth-order valence-corrected chi connectivity index (χ4v) is 2.69. The molecule has 1 N–H and O–H groups in total. The number of rotatable bonds is 6. The van der Waals surface area contributed by atoms with E-state index in [9.17, 15) is 19.1 Å². The van der Waals surface area contributed by atoms with Crippen LogP contribution in [0.1, 0.15) is 26.3 Å². The molecule has 3 rings (SSSR count). The monoisotopic (exact) mass is 365 g/mol. The van der Waals surface area contributed by atoms with E-state index >= 15 is 0 Å². The zero-order chi connectivity index (χ0) is 19.4. The maximum Gasteiger partial charge on any atom is 0.339 e. The Labute approximate surface area is 155 Å². The number of nitrogens with zero attached hydrogens (tertiary/aromatic N) is 1. The van der Waals surface area contributed by atoms with Crippen molar-refractivity contribution < 1.29 is 23.8 Å². The van der Waals surface area contributed by atoms with Crippen LogP contribution in [-0.4, -0.2) is 29.0 Å². The number of aromatic nitrogens is 1. The molecule has 0 atom stereocenters. The Morgan fingerprint density at radius 3 is 2.52 bits per heavy atom. The smallest absolute Gasteiger partial charge is 0.339 e. The Kier molecular flexibility index (Phi) is 5.26. The number of benzene rings is 2. The predicted octanol–water partition coefficient (Wildman–Crippen LogP) is 4.02. The molecule has 27 heavy (non-hydrogen) atoms. The van der Waals surface area contributed by atoms with Gasteiger partial charge in [-0.2, -0.15) is 0 Å². The highest BCUT2D eigenvalue weighted by molar-refractivity contribution is 6.01. The molecule has 0 fully saturated rings. The minimum absolute atomic E-state index is 0.0515. The highest BCUT2D eigenvalue weighted by Gasteiger charge is 2.15. The van der Waals surface area contributed by atoms with Crippen molar-refractivity contribution in [3.8, 4) is 17.0 Å². The lowest BCUT2D eigenvalue weighted by molar-refractivity contribution is 0.0693. The Morgan fingerprint density at radius 1 is 1.11 bits per heavy atom. The van der Waals surface area contributed by atoms with Gasteiger partial charge in [0.05, 0.1) is 12.8 Å². The molecule has 2 aromatic carbocycles. The van der Waals surface area contributed by atoms with Gasteiger partial charge in [-0.1, -0.05) is 18.2 Å². The number of carboxylic acid groups (broad SMARTS) is 1. The number of carbonyl (C=O) groups is 2. The summed E-state index contributed by atoms with van der Waals surface area (Å²) in [6.07, 6.45) is 1.57. The first-order valence-electron chi connectivity index (χ1n) is 8.14. The minimum Gasteiger partial charge on any atom is -0.496 e. The molecule has 0 saturated heterocycles. The van der Waals surface area contributed by atoms with Crippen LogP contribution >= 0.6 is 0 Å². The highest BCUT2D eigenvalue weighted by Crippen LogP contribution is 2.22. The number of carbonyl (C=O) groups excluding carboxylic acids is 1. The zero-order valence-electron chi connectivity index (χ0n) is 14.5. The average molecular weight is 365 g/mol. The van der Waals surface area contributed by atoms with E-state index in [0.29, 0.717) is 16.8 Å². The number of hydrogen-bond donors (Lipinski definition) is 1. The first-order valence-corrected chi connectivity index (χ1v) is 8.14. The van der Waals surface area contributed by atoms with E-state index in [4.69, 9.17) is 4.74 Å². The first kappa shape index (κ1) is 18.3. The number of ketones is 1. The van der Waals surface area contributed by atoms with Gasteiger partial charge in [0.15, 0.2) is 5.78 Å². The summed E-state index contributed by atoms with van der Waals surface area (Å²) in [5.41, 5.74) is 1.70. The van der Waals surface area contributed by atoms with Gasteiger partial charge in [-0.05, 0) is 42.0 Å². The van der Waals surface area contributed by atoms with E-state index in [1.165, 1.54) is 37.6 Å². The van der Waals surface area contributed by atoms with Gasteiger partial charge in [-0.25, -0.2) is 9.18 Å². The number of methoxy groups -OCH3 is 1. The topological polar surface area (TPSA) is 76.5 Å². The zero-order valence-corrected chi connectivity index (χ0v) is 14.5. The van der Waals surface area contributed by atoms with Crippen molar-refractivity contribution in [1.29, 1.82) is 0 Å². The third-order valence-electron chi connectivity index (χ3n) is 4.09. The fourth-order valence-electron chi connectivity index (χ4n) is 2.69. The number of hydrogen-bond acceptors (Lipinski definition) is 4. The molecular weight excluding hydrogens is 349 g/mol. The van der Waals surface area contributed by atoms with Gasteiger partial charge in [0, 0.05) is 23.7 Å². The summed E-state index contributed by atoms with van der Waals surface area (Å²) in [7, 11) is 1.37. The minimum atomic E-state index is -1.17. The molecular formula is C21H16FNO4. The third-order valence-corrected chi connectivity index (χ3v) is 4.09. The van der Waals surface area contributed by atoms with Crippen molar-refractivity contribution in [2.75, 3.05) is 7.11 Å². The van der Waals surface area contributed by atoms with Crippen molar-refractivity contribution in [3.63, 3.8) is 0 Å². The van der Waals surface area contributed by atoms with Gasteiger partial charge < -0.3 is 9.84 Å². The van der Waals surface area contributed by atoms with Gasteiger partial charge in [0.2, 0.25) is 0 Å². The van der Waals surface area contributed by atoms with Gasteiger partial charge in [-0.3, -0.25) is 9.78 Å². The van der Waals surface area contributed by atoms with Crippen molar-refractivity contribution in [2.45, 2.75) is 6.42 Å². The third kappa shape index (κ3) is 4.00. The molecule has 0 spiro atoms. The fraction of sp³-hybridized carbons (Fsp3) is 0.0952. The summed E-state index contributed by atoms with van der Waals surface area (Å²) >= 11 is 0. The molecule has 3 aromatic rings. The van der Waals surface area contributed by atoms with Crippen molar-refractivity contribution >= 4 is 11.8 Å². The van der Waals surface area contributed by atoms with Crippen molar-refractivity contribution in [2.24, 2.45) is 0 Å². The summed E-state index contributed by atoms with van der Waals surface area (Å²) in [6.45, 7) is 0. The van der Waals surface area contributed by atoms with Crippen LogP contribution in [0, 0.1) is 5.82 Å². The molecule has 0 aliphatic heterocycles. The van der Waals surface area contributed by atoms with Crippen LogP contribution in [0.15, 0.2) is 60.8 Å². The van der Waals surface area contributed by atoms with E-state index in [2.05, 4.69) is 4.98 Å². The van der Waals surface area contributed by atoms with E-state index in [1.54, 1.807) is 30.3 Å². The molecule has 5 nitrogen and oxygen atoms in total. The second-order valence-electron chi connectivity index (χ2n) is 5.85. The lowest BCUT2D eigenvalue weighted by atomic mass is 10.0. The van der Waals surface area contributed by atoms with Crippen LogP contribution in [0.25, 0.3) is 11.3 Å². The molecule has 6 heteroatoms. The van der Waals surface area contributed by atoms with E-state index in [-0.39, 0.29) is 34.9 Å². The Hall–Kier alpha value is -3.54. The molecule has 0 saturated carbocycles. The molecule has 136 valence electrons. The standard InChI is InChI=1S/C21H16FNO4/c1-27-20-9-7-14(11-16(20)21(25)26)19(24)10-13-6-8-18(23-12-13)15-4-2-3-5-17(15)22/h2-9,11-12H,10H2,1H3,(H,25,26). The Balaban J connectivity index is 1.80. The number of carboxylic acids is 1. The molecule has 1 aromatic heterocycles. The van der Waals surface area contributed by atoms with Gasteiger partial charge >= 0.3 is 5.97 Å². The lowest BCUT2D eigenvalue weighted by Gasteiger charge is -2.08. The Bertz CT molecular complexity index is 999. The van der Waals surface area contributed by atoms with Gasteiger partial charge in [0.1, 0.15) is 17.1 Å². The molecule has 0 bridgehead atoms. The molecule has 0 aliphatic rings. The number of Topliss-reactive ketones (excluding diaryl/α,β-unsaturated/α-hetero) is 1. The summed E-state index contributed by atoms with van der Waals surface area (Å²) < 4.78 is 18.8. The van der Waals surface area contributed by atoms with Crippen LogP contribution in [0.3, 0.4) is 0 Å². The van der Waals surface area contributed by atoms with E-state index in [0.717, 1.165) is 0 Å². The molecule has 0 aliphatic carbocycles. The SMILES string of the molecule is COc1ccc(C(=O)Cc2ccc(-c3ccccc3F)nc2)cc1C(=O)O. The summed E-state index contributed by atoms with van der Waals surface area (Å²) in [5, 5.41) is 9.22. The van der Waals surface area contributed by atoms with Gasteiger partial charge in [-0.15, -0.1) is 0 Å². The van der Waals surface area contributed by atoms with Crippen LogP contribution in [-0.2, 0) is 6.42 Å². The normalized spacial score (nSPS) is 10.4. The number of pyridine rings is 1. The maximum atomic E-state index is 13.8. The van der Waals surface area contributed by atoms with Crippen molar-refractivity contribution in [1.82, 2.24) is 4.98 Å². The van der Waals surface area contributed by atoms with Crippen LogP contribution in [0.5, 0.6) is 5.75 Å². The number of aromatic carboxylic acids is 1. The second-order valence-corrected chi connectivity index (χ2v) is 5.85. The summed E-state index contributed by atoms with van der Waals surface area (Å²) in [5.74, 6) is -1.60. The lowest BCUT2D eigenvalue weighted by Crippen LogP contribution is -2.07. The summed E-state index contributed by atoms with van der Waals surface area (Å²) in [4.78, 5) is 28.0. The van der Waals surface area contributed by atoms with E-state index in [1.807, 2.05) is 0 Å². The molecule has 1 heterocycles. The van der Waals surface area contributed by atoms with Gasteiger partial charge in [0.25, 0.3) is 0 Å². The molecule has 0 unspecified atom stereocenters. The molecule has 0 amide bonds. The Morgan fingerprint density at radius 2 is 1.89 bits per heavy atom. The van der Waals surface area contributed by atoms with Crippen molar-refractivity contribution in [3.05, 3.63) is 83.3 Å².